The van der Waals surface area contributed by atoms with Crippen molar-refractivity contribution in [3.8, 4) is 11.5 Å². The van der Waals surface area contributed by atoms with Crippen molar-refractivity contribution >= 4 is 0 Å². The molecule has 4 heteroatoms. The fourth-order valence-electron chi connectivity index (χ4n) is 3.55. The first kappa shape index (κ1) is 15.4. The third-order valence-electron chi connectivity index (χ3n) is 4.53. The molecule has 0 fully saturated rings. The van der Waals surface area contributed by atoms with E-state index in [9.17, 15) is 5.11 Å². The maximum absolute atomic E-state index is 9.84. The summed E-state index contributed by atoms with van der Waals surface area (Å²) in [6.07, 6.45) is 5.37. The van der Waals surface area contributed by atoms with Gasteiger partial charge < -0.3 is 19.5 Å². The minimum atomic E-state index is -0.409. The fourth-order valence-corrected chi connectivity index (χ4v) is 3.55. The van der Waals surface area contributed by atoms with Crippen LogP contribution in [0.4, 0.5) is 0 Å². The largest absolute Gasteiger partial charge is 0.493 e. The molecule has 120 valence electrons. The zero-order valence-electron chi connectivity index (χ0n) is 13.6. The van der Waals surface area contributed by atoms with Crippen LogP contribution >= 0.6 is 0 Å². The van der Waals surface area contributed by atoms with Gasteiger partial charge in [-0.15, -0.1) is 0 Å². The summed E-state index contributed by atoms with van der Waals surface area (Å²) < 4.78 is 11.6. The molecule has 3 atom stereocenters. The predicted octanol–water partition coefficient (Wildman–Crippen LogP) is 2.70. The lowest BCUT2D eigenvalue weighted by Crippen LogP contribution is -2.27. The van der Waals surface area contributed by atoms with Crippen molar-refractivity contribution in [3.05, 3.63) is 35.4 Å². The summed E-state index contributed by atoms with van der Waals surface area (Å²) in [5.41, 5.74) is 2.52. The summed E-state index contributed by atoms with van der Waals surface area (Å²) >= 11 is 0. The van der Waals surface area contributed by atoms with Crippen LogP contribution in [0.2, 0.25) is 0 Å². The Bertz CT molecular complexity index is 570. The standard InChI is InChI=1S/C18H25NO3/c1-4-9-19(2)11-12-5-8-15(21-3)18-17(12)14-7-6-13(20)10-16(14)22-18/h5-8,13-14,16,20H,4,9-11H2,1-3H3/t13-,14+,16-/m0/s1. The van der Waals surface area contributed by atoms with Crippen LogP contribution in [-0.4, -0.2) is 42.9 Å². The van der Waals surface area contributed by atoms with Crippen LogP contribution in [0, 0.1) is 0 Å². The normalized spacial score (nSPS) is 25.8. The monoisotopic (exact) mass is 303 g/mol. The molecule has 1 aromatic rings. The van der Waals surface area contributed by atoms with Crippen molar-refractivity contribution < 1.29 is 14.6 Å². The highest BCUT2D eigenvalue weighted by atomic mass is 16.5. The van der Waals surface area contributed by atoms with Gasteiger partial charge in [-0.1, -0.05) is 25.1 Å². The molecule has 2 aliphatic rings. The van der Waals surface area contributed by atoms with Gasteiger partial charge in [0.15, 0.2) is 11.5 Å². The number of nitrogens with zero attached hydrogens (tertiary/aromatic N) is 1. The van der Waals surface area contributed by atoms with Gasteiger partial charge in [0, 0.05) is 24.4 Å². The molecular weight excluding hydrogens is 278 g/mol. The smallest absolute Gasteiger partial charge is 0.165 e. The lowest BCUT2D eigenvalue weighted by Gasteiger charge is -2.24. The Hall–Kier alpha value is -1.52. The quantitative estimate of drug-likeness (QED) is 0.849. The molecule has 0 saturated heterocycles. The first-order valence-electron chi connectivity index (χ1n) is 8.05. The molecular formula is C18H25NO3. The van der Waals surface area contributed by atoms with Crippen molar-refractivity contribution in [1.29, 1.82) is 0 Å². The van der Waals surface area contributed by atoms with Crippen LogP contribution in [0.3, 0.4) is 0 Å². The second-order valence-electron chi connectivity index (χ2n) is 6.28. The zero-order chi connectivity index (χ0) is 15.7. The molecule has 0 radical (unpaired) electrons. The van der Waals surface area contributed by atoms with Crippen molar-refractivity contribution in [3.63, 3.8) is 0 Å². The van der Waals surface area contributed by atoms with Gasteiger partial charge in [0.05, 0.1) is 13.2 Å². The molecule has 1 aliphatic carbocycles. The molecule has 0 saturated carbocycles. The van der Waals surface area contributed by atoms with Gasteiger partial charge in [0.1, 0.15) is 6.10 Å². The van der Waals surface area contributed by atoms with Crippen LogP contribution in [0.5, 0.6) is 11.5 Å². The highest BCUT2D eigenvalue weighted by molar-refractivity contribution is 5.57. The number of aliphatic hydroxyl groups excluding tert-OH is 1. The van der Waals surface area contributed by atoms with E-state index in [0.717, 1.165) is 31.0 Å². The van der Waals surface area contributed by atoms with Gasteiger partial charge >= 0.3 is 0 Å². The second kappa shape index (κ2) is 6.31. The minimum absolute atomic E-state index is 0.0153. The number of benzene rings is 1. The molecule has 0 amide bonds. The number of methoxy groups -OCH3 is 1. The summed E-state index contributed by atoms with van der Waals surface area (Å²) in [6, 6.07) is 4.14. The average molecular weight is 303 g/mol. The van der Waals surface area contributed by atoms with Crippen LogP contribution in [0.15, 0.2) is 24.3 Å². The van der Waals surface area contributed by atoms with E-state index in [1.807, 2.05) is 12.1 Å². The van der Waals surface area contributed by atoms with E-state index in [1.165, 1.54) is 11.1 Å². The van der Waals surface area contributed by atoms with Crippen molar-refractivity contribution in [2.24, 2.45) is 0 Å². The van der Waals surface area contributed by atoms with Crippen LogP contribution in [-0.2, 0) is 6.54 Å². The lowest BCUT2D eigenvalue weighted by atomic mass is 9.85. The third kappa shape index (κ3) is 2.73. The highest BCUT2D eigenvalue weighted by Gasteiger charge is 2.39. The van der Waals surface area contributed by atoms with Gasteiger partial charge in [0.2, 0.25) is 0 Å². The Balaban J connectivity index is 1.97. The number of hydrogen-bond acceptors (Lipinski definition) is 4. The van der Waals surface area contributed by atoms with Gasteiger partial charge in [-0.05, 0) is 31.6 Å². The molecule has 0 aromatic heterocycles. The molecule has 4 nitrogen and oxygen atoms in total. The Labute approximate surface area is 132 Å². The highest BCUT2D eigenvalue weighted by Crippen LogP contribution is 2.49. The number of rotatable bonds is 5. The third-order valence-corrected chi connectivity index (χ3v) is 4.53. The molecule has 22 heavy (non-hydrogen) atoms. The first-order valence-corrected chi connectivity index (χ1v) is 8.05. The van der Waals surface area contributed by atoms with Gasteiger partial charge in [-0.25, -0.2) is 0 Å². The Kier molecular flexibility index (Phi) is 4.41. The SMILES string of the molecule is CCCN(C)Cc1ccc(OC)c2c1[C@@H]1C=C[C@H](O)C[C@@H]1O2. The van der Waals surface area contributed by atoms with Crippen molar-refractivity contribution in [1.82, 2.24) is 4.90 Å². The summed E-state index contributed by atoms with van der Waals surface area (Å²) in [5, 5.41) is 9.84. The Morgan fingerprint density at radius 2 is 2.18 bits per heavy atom. The maximum Gasteiger partial charge on any atom is 0.165 e. The van der Waals surface area contributed by atoms with E-state index < -0.39 is 6.10 Å². The van der Waals surface area contributed by atoms with E-state index in [1.54, 1.807) is 7.11 Å². The zero-order valence-corrected chi connectivity index (χ0v) is 13.6. The van der Waals surface area contributed by atoms with E-state index in [4.69, 9.17) is 9.47 Å². The van der Waals surface area contributed by atoms with E-state index >= 15 is 0 Å². The fraction of sp³-hybridized carbons (Fsp3) is 0.556. The van der Waals surface area contributed by atoms with Crippen molar-refractivity contribution in [2.75, 3.05) is 20.7 Å². The molecule has 0 bridgehead atoms. The molecule has 3 rings (SSSR count). The topological polar surface area (TPSA) is 41.9 Å². The molecule has 1 aliphatic heterocycles. The van der Waals surface area contributed by atoms with Gasteiger partial charge in [-0.3, -0.25) is 0 Å². The maximum atomic E-state index is 9.84. The minimum Gasteiger partial charge on any atom is -0.493 e. The first-order chi connectivity index (χ1) is 10.6. The second-order valence-corrected chi connectivity index (χ2v) is 6.28. The predicted molar refractivity (Wildman–Crippen MR) is 86.5 cm³/mol. The number of aliphatic hydroxyl groups is 1. The van der Waals surface area contributed by atoms with Crippen LogP contribution in [0.1, 0.15) is 36.8 Å². The Morgan fingerprint density at radius 1 is 1.36 bits per heavy atom. The van der Waals surface area contributed by atoms with Crippen LogP contribution in [0.25, 0.3) is 0 Å². The van der Waals surface area contributed by atoms with Crippen molar-refractivity contribution in [2.45, 2.75) is 44.4 Å². The van der Waals surface area contributed by atoms with E-state index in [2.05, 4.69) is 31.0 Å². The van der Waals surface area contributed by atoms with Gasteiger partial charge in [0.25, 0.3) is 0 Å². The Morgan fingerprint density at radius 3 is 2.91 bits per heavy atom. The van der Waals surface area contributed by atoms with Crippen LogP contribution < -0.4 is 9.47 Å². The lowest BCUT2D eigenvalue weighted by molar-refractivity contribution is 0.117. The summed E-state index contributed by atoms with van der Waals surface area (Å²) in [7, 11) is 3.82. The average Bonchev–Trinajstić information content (AvgIpc) is 2.86. The molecule has 1 heterocycles. The summed E-state index contributed by atoms with van der Waals surface area (Å²) in [6.45, 7) is 4.17. The molecule has 0 unspecified atom stereocenters. The summed E-state index contributed by atoms with van der Waals surface area (Å²) in [5.74, 6) is 1.87. The number of hydrogen-bond donors (Lipinski definition) is 1. The molecule has 1 aromatic carbocycles. The van der Waals surface area contributed by atoms with Gasteiger partial charge in [-0.2, -0.15) is 0 Å². The molecule has 0 spiro atoms. The van der Waals surface area contributed by atoms with E-state index in [0.29, 0.717) is 6.42 Å². The van der Waals surface area contributed by atoms with E-state index in [-0.39, 0.29) is 12.0 Å². The number of ether oxygens (including phenoxy) is 2. The molecule has 1 N–H and O–H groups in total. The number of fused-ring (bicyclic) bond motifs is 3. The summed E-state index contributed by atoms with van der Waals surface area (Å²) in [4.78, 5) is 2.33.